The molecule has 1 aromatic carbocycles. The van der Waals surface area contributed by atoms with E-state index in [0.717, 1.165) is 9.71 Å². The fraction of sp³-hybridized carbons (Fsp3) is 0.125. The van der Waals surface area contributed by atoms with Gasteiger partial charge in [0.2, 0.25) is 0 Å². The number of hydrogen-bond donors (Lipinski definition) is 0. The van der Waals surface area contributed by atoms with Crippen molar-refractivity contribution in [1.82, 2.24) is 4.98 Å². The van der Waals surface area contributed by atoms with Crippen molar-refractivity contribution in [3.05, 3.63) is 32.3 Å². The van der Waals surface area contributed by atoms with Gasteiger partial charge >= 0.3 is 5.69 Å². The average molecular weight is 229 g/mol. The zero-order valence-corrected chi connectivity index (χ0v) is 8.72. The summed E-state index contributed by atoms with van der Waals surface area (Å²) >= 11 is 7.15. The first kappa shape index (κ1) is 9.36. The lowest BCUT2D eigenvalue weighted by molar-refractivity contribution is -0.383. The Labute approximate surface area is 88.3 Å². The van der Waals surface area contributed by atoms with E-state index in [1.165, 1.54) is 17.4 Å². The lowest BCUT2D eigenvalue weighted by Gasteiger charge is -1.94. The number of nitro groups is 1. The maximum absolute atomic E-state index is 10.7. The summed E-state index contributed by atoms with van der Waals surface area (Å²) in [7, 11) is 0. The largest absolute Gasteiger partial charge is 0.314 e. The van der Waals surface area contributed by atoms with Crippen molar-refractivity contribution in [1.29, 1.82) is 0 Å². The van der Waals surface area contributed by atoms with Crippen LogP contribution >= 0.6 is 22.9 Å². The fourth-order valence-corrected chi connectivity index (χ4v) is 2.29. The fourth-order valence-electron chi connectivity index (χ4n) is 1.24. The Balaban J connectivity index is 2.88. The quantitative estimate of drug-likeness (QED) is 0.556. The maximum atomic E-state index is 10.7. The Morgan fingerprint density at radius 2 is 2.29 bits per heavy atom. The first-order valence-corrected chi connectivity index (χ1v) is 4.99. The molecule has 1 aromatic heterocycles. The molecule has 6 heteroatoms. The molecule has 0 bridgehead atoms. The highest BCUT2D eigenvalue weighted by Crippen LogP contribution is 2.34. The van der Waals surface area contributed by atoms with Crippen LogP contribution in [0.4, 0.5) is 5.69 Å². The molecule has 0 aliphatic rings. The van der Waals surface area contributed by atoms with Crippen molar-refractivity contribution in [3.8, 4) is 0 Å². The molecule has 0 fully saturated rings. The van der Waals surface area contributed by atoms with Crippen LogP contribution in [0.1, 0.15) is 5.01 Å². The number of aromatic nitrogens is 1. The number of fused-ring (bicyclic) bond motifs is 1. The number of rotatable bonds is 1. The lowest BCUT2D eigenvalue weighted by atomic mass is 10.3. The van der Waals surface area contributed by atoms with E-state index in [0.29, 0.717) is 5.52 Å². The van der Waals surface area contributed by atoms with Gasteiger partial charge in [0.25, 0.3) is 0 Å². The Hall–Kier alpha value is -1.20. The van der Waals surface area contributed by atoms with Crippen LogP contribution in [0.15, 0.2) is 12.1 Å². The molecular weight excluding hydrogens is 224 g/mol. The third kappa shape index (κ3) is 1.34. The van der Waals surface area contributed by atoms with E-state index in [4.69, 9.17) is 11.6 Å². The van der Waals surface area contributed by atoms with Crippen molar-refractivity contribution in [2.24, 2.45) is 0 Å². The molecule has 0 saturated carbocycles. The molecule has 14 heavy (non-hydrogen) atoms. The summed E-state index contributed by atoms with van der Waals surface area (Å²) in [6.45, 7) is 1.81. The van der Waals surface area contributed by atoms with E-state index < -0.39 is 4.92 Å². The smallest absolute Gasteiger partial charge is 0.258 e. The van der Waals surface area contributed by atoms with E-state index in [1.807, 2.05) is 6.92 Å². The van der Waals surface area contributed by atoms with Gasteiger partial charge in [0.15, 0.2) is 5.52 Å². The molecule has 2 aromatic rings. The molecule has 0 radical (unpaired) electrons. The van der Waals surface area contributed by atoms with Crippen molar-refractivity contribution in [2.75, 3.05) is 0 Å². The second kappa shape index (κ2) is 3.18. The molecule has 4 nitrogen and oxygen atoms in total. The number of thiazole rings is 1. The number of nitrogens with zero attached hydrogens (tertiary/aromatic N) is 2. The lowest BCUT2D eigenvalue weighted by Crippen LogP contribution is -1.90. The Bertz CT molecular complexity index is 523. The summed E-state index contributed by atoms with van der Waals surface area (Å²) in [5, 5.41) is 11.7. The van der Waals surface area contributed by atoms with Gasteiger partial charge in [0, 0.05) is 0 Å². The van der Waals surface area contributed by atoms with Gasteiger partial charge in [-0.15, -0.1) is 11.3 Å². The van der Waals surface area contributed by atoms with Crippen molar-refractivity contribution >= 4 is 38.8 Å². The molecule has 0 aliphatic heterocycles. The maximum Gasteiger partial charge on any atom is 0.314 e. The van der Waals surface area contributed by atoms with Crippen LogP contribution in [-0.4, -0.2) is 9.91 Å². The first-order valence-electron chi connectivity index (χ1n) is 3.79. The van der Waals surface area contributed by atoms with E-state index in [1.54, 1.807) is 6.07 Å². The monoisotopic (exact) mass is 228 g/mol. The molecule has 0 aliphatic carbocycles. The molecule has 0 atom stereocenters. The highest BCUT2D eigenvalue weighted by atomic mass is 35.5. The number of halogens is 1. The number of benzene rings is 1. The third-order valence-corrected chi connectivity index (χ3v) is 3.02. The first-order chi connectivity index (χ1) is 6.59. The molecule has 0 amide bonds. The minimum Gasteiger partial charge on any atom is -0.258 e. The Morgan fingerprint density at radius 3 is 2.93 bits per heavy atom. The van der Waals surface area contributed by atoms with Crippen LogP contribution in [0.25, 0.3) is 10.2 Å². The normalized spacial score (nSPS) is 10.7. The van der Waals surface area contributed by atoms with Crippen molar-refractivity contribution < 1.29 is 4.92 Å². The van der Waals surface area contributed by atoms with Crippen molar-refractivity contribution in [3.63, 3.8) is 0 Å². The number of nitro benzene ring substituents is 1. The average Bonchev–Trinajstić information content (AvgIpc) is 2.43. The van der Waals surface area contributed by atoms with Gasteiger partial charge in [-0.2, -0.15) is 0 Å². The molecule has 1 heterocycles. The van der Waals surface area contributed by atoms with Crippen molar-refractivity contribution in [2.45, 2.75) is 6.92 Å². The Kier molecular flexibility index (Phi) is 2.13. The molecule has 0 spiro atoms. The highest BCUT2D eigenvalue weighted by Gasteiger charge is 2.19. The van der Waals surface area contributed by atoms with E-state index >= 15 is 0 Å². The number of hydrogen-bond acceptors (Lipinski definition) is 4. The summed E-state index contributed by atoms with van der Waals surface area (Å²) in [6, 6.07) is 3.27. The second-order valence-corrected chi connectivity index (χ2v) is 4.37. The second-order valence-electron chi connectivity index (χ2n) is 2.73. The standard InChI is InChI=1S/C8H5ClN2O2S/c1-4-10-7-6(14-4)3-2-5(9)8(7)11(12)13/h2-3H,1H3. The summed E-state index contributed by atoms with van der Waals surface area (Å²) in [6.07, 6.45) is 0. The van der Waals surface area contributed by atoms with Gasteiger partial charge in [-0.3, -0.25) is 10.1 Å². The van der Waals surface area contributed by atoms with Crippen LogP contribution in [0.2, 0.25) is 5.02 Å². The minimum absolute atomic E-state index is 0.103. The van der Waals surface area contributed by atoms with E-state index in [-0.39, 0.29) is 10.7 Å². The van der Waals surface area contributed by atoms with Crippen LogP contribution in [0, 0.1) is 17.0 Å². The van der Waals surface area contributed by atoms with Gasteiger partial charge in [-0.05, 0) is 19.1 Å². The highest BCUT2D eigenvalue weighted by molar-refractivity contribution is 7.18. The molecule has 72 valence electrons. The van der Waals surface area contributed by atoms with Gasteiger partial charge in [-0.25, -0.2) is 4.98 Å². The van der Waals surface area contributed by atoms with Crippen LogP contribution in [0.3, 0.4) is 0 Å². The van der Waals surface area contributed by atoms with Crippen LogP contribution in [0.5, 0.6) is 0 Å². The molecule has 0 N–H and O–H groups in total. The SMILES string of the molecule is Cc1nc2c([N+](=O)[O-])c(Cl)ccc2s1. The van der Waals surface area contributed by atoms with Gasteiger partial charge in [0.1, 0.15) is 5.02 Å². The summed E-state index contributed by atoms with van der Waals surface area (Å²) in [5.74, 6) is 0. The third-order valence-electron chi connectivity index (χ3n) is 1.77. The zero-order valence-electron chi connectivity index (χ0n) is 7.15. The zero-order chi connectivity index (χ0) is 10.3. The van der Waals surface area contributed by atoms with Crippen LogP contribution in [-0.2, 0) is 0 Å². The molecule has 0 saturated heterocycles. The van der Waals surface area contributed by atoms with Gasteiger partial charge in [0.05, 0.1) is 14.6 Å². The van der Waals surface area contributed by atoms with Gasteiger partial charge < -0.3 is 0 Å². The number of aryl methyl sites for hydroxylation is 1. The molecular formula is C8H5ClN2O2S. The molecule has 0 unspecified atom stereocenters. The predicted molar refractivity (Wildman–Crippen MR) is 56.0 cm³/mol. The summed E-state index contributed by atoms with van der Waals surface area (Å²) < 4.78 is 0.790. The minimum atomic E-state index is -0.496. The molecule has 2 rings (SSSR count). The van der Waals surface area contributed by atoms with E-state index in [2.05, 4.69) is 4.98 Å². The van der Waals surface area contributed by atoms with E-state index in [9.17, 15) is 10.1 Å². The predicted octanol–water partition coefficient (Wildman–Crippen LogP) is 3.17. The Morgan fingerprint density at radius 1 is 1.57 bits per heavy atom. The topological polar surface area (TPSA) is 56.0 Å². The van der Waals surface area contributed by atoms with Gasteiger partial charge in [-0.1, -0.05) is 11.6 Å². The van der Waals surface area contributed by atoms with Crippen LogP contribution < -0.4 is 0 Å². The summed E-state index contributed by atoms with van der Waals surface area (Å²) in [5.41, 5.74) is 0.276. The summed E-state index contributed by atoms with van der Waals surface area (Å²) in [4.78, 5) is 14.3.